The first-order valence-corrected chi connectivity index (χ1v) is 3.59. The summed E-state index contributed by atoms with van der Waals surface area (Å²) < 4.78 is 88.2. The molecule has 0 amide bonds. The van der Waals surface area contributed by atoms with Gasteiger partial charge in [-0.15, -0.1) is 0 Å². The van der Waals surface area contributed by atoms with E-state index in [-0.39, 0.29) is 0 Å². The summed E-state index contributed by atoms with van der Waals surface area (Å²) in [6, 6.07) is 0. The van der Waals surface area contributed by atoms with Gasteiger partial charge in [0.15, 0.2) is 0 Å². The van der Waals surface area contributed by atoms with E-state index in [0.29, 0.717) is 0 Å². The van der Waals surface area contributed by atoms with Crippen molar-refractivity contribution >= 4 is 0 Å². The maximum Gasteiger partial charge on any atom is 0.416 e. The highest BCUT2D eigenvalue weighted by molar-refractivity contribution is 4.54. The van der Waals surface area contributed by atoms with E-state index in [0.717, 1.165) is 0 Å². The fourth-order valence-corrected chi connectivity index (χ4v) is 0.488. The van der Waals surface area contributed by atoms with E-state index >= 15 is 0 Å². The molecular weight excluding hydrogens is 237 g/mol. The van der Waals surface area contributed by atoms with Crippen molar-refractivity contribution in [2.75, 3.05) is 19.8 Å². The first-order valence-electron chi connectivity index (χ1n) is 3.59. The Hall–Kier alpha value is -0.570. The minimum atomic E-state index is -4.67. The lowest BCUT2D eigenvalue weighted by Gasteiger charge is -2.15. The summed E-state index contributed by atoms with van der Waals surface area (Å²) in [7, 11) is 0. The average Bonchev–Trinajstić information content (AvgIpc) is 2.00. The minimum absolute atomic E-state index is 0.845. The van der Waals surface area contributed by atoms with Gasteiger partial charge in [-0.3, -0.25) is 0 Å². The molecule has 0 spiro atoms. The lowest BCUT2D eigenvalue weighted by atomic mass is 10.6. The molecule has 0 unspecified atom stereocenters. The maximum atomic E-state index is 12.0. The van der Waals surface area contributed by atoms with Gasteiger partial charge in [-0.1, -0.05) is 0 Å². The number of alkyl halides is 7. The van der Waals surface area contributed by atoms with E-state index in [1.54, 1.807) is 0 Å². The predicted molar refractivity (Wildman–Crippen MR) is 33.8 cm³/mol. The molecule has 0 saturated heterocycles. The van der Waals surface area contributed by atoms with Gasteiger partial charge in [0, 0.05) is 0 Å². The summed E-state index contributed by atoms with van der Waals surface area (Å²) in [6.07, 6.45) is -13.3. The Labute approximate surface area is 79.9 Å². The fourth-order valence-electron chi connectivity index (χ4n) is 0.488. The lowest BCUT2D eigenvalue weighted by molar-refractivity contribution is -0.304. The van der Waals surface area contributed by atoms with Crippen molar-refractivity contribution < 1.29 is 40.2 Å². The molecule has 92 valence electrons. The highest BCUT2D eigenvalue weighted by Crippen LogP contribution is 2.23. The molecule has 0 bridgehead atoms. The van der Waals surface area contributed by atoms with Crippen LogP contribution < -0.4 is 0 Å². The second kappa shape index (κ2) is 5.50. The van der Waals surface area contributed by atoms with Gasteiger partial charge in [0.2, 0.25) is 0 Å². The Bertz CT molecular complexity index is 179. The van der Waals surface area contributed by atoms with Crippen LogP contribution in [0.5, 0.6) is 0 Å². The van der Waals surface area contributed by atoms with Crippen LogP contribution in [0.1, 0.15) is 0 Å². The molecule has 9 heteroatoms. The molecule has 0 N–H and O–H groups in total. The van der Waals surface area contributed by atoms with Gasteiger partial charge in [-0.2, -0.15) is 22.0 Å². The first kappa shape index (κ1) is 14.4. The molecule has 0 rings (SSSR count). The van der Waals surface area contributed by atoms with Gasteiger partial charge < -0.3 is 9.47 Å². The maximum absolute atomic E-state index is 12.0. The fraction of sp³-hybridized carbons (Fsp3) is 1.00. The molecule has 0 aromatic rings. The van der Waals surface area contributed by atoms with Crippen LogP contribution in [0, 0.1) is 0 Å². The average molecular weight is 244 g/mol. The Morgan fingerprint density at radius 2 is 1.47 bits per heavy atom. The molecule has 0 radical (unpaired) electrons. The Morgan fingerprint density at radius 1 is 0.933 bits per heavy atom. The summed E-state index contributed by atoms with van der Waals surface area (Å²) in [5.41, 5.74) is 0. The number of hydrogen-bond donors (Lipinski definition) is 0. The zero-order chi connectivity index (χ0) is 12.1. The standard InChI is InChI=1S/C6H7F7O2/c7-4(8)6(12,13)15-2-1-14-3-5(9,10)11/h4H,1-3H2. The summed E-state index contributed by atoms with van der Waals surface area (Å²) in [4.78, 5) is 0. The molecule has 0 aliphatic rings. The topological polar surface area (TPSA) is 18.5 Å². The van der Waals surface area contributed by atoms with Crippen molar-refractivity contribution in [2.45, 2.75) is 18.7 Å². The molecule has 0 atom stereocenters. The Morgan fingerprint density at radius 3 is 1.87 bits per heavy atom. The van der Waals surface area contributed by atoms with Crippen molar-refractivity contribution in [2.24, 2.45) is 0 Å². The van der Waals surface area contributed by atoms with Gasteiger partial charge in [0.1, 0.15) is 6.61 Å². The Kier molecular flexibility index (Phi) is 5.29. The second-order valence-corrected chi connectivity index (χ2v) is 2.38. The summed E-state index contributed by atoms with van der Waals surface area (Å²) in [6.45, 7) is -3.54. The van der Waals surface area contributed by atoms with Gasteiger partial charge >= 0.3 is 18.7 Å². The lowest BCUT2D eigenvalue weighted by Crippen LogP contribution is -2.31. The normalized spacial score (nSPS) is 13.6. The highest BCUT2D eigenvalue weighted by Gasteiger charge is 2.42. The molecular formula is C6H7F7O2. The van der Waals surface area contributed by atoms with Gasteiger partial charge in [-0.05, 0) is 0 Å². The first-order chi connectivity index (χ1) is 6.65. The van der Waals surface area contributed by atoms with Crippen LogP contribution in [-0.4, -0.2) is 38.5 Å². The van der Waals surface area contributed by atoms with Crippen molar-refractivity contribution in [1.29, 1.82) is 0 Å². The zero-order valence-electron chi connectivity index (χ0n) is 7.16. The molecule has 0 aromatic heterocycles. The van der Waals surface area contributed by atoms with E-state index < -0.39 is 38.5 Å². The third-order valence-corrected chi connectivity index (χ3v) is 1.04. The molecule has 0 saturated carbocycles. The van der Waals surface area contributed by atoms with E-state index in [2.05, 4.69) is 9.47 Å². The molecule has 2 nitrogen and oxygen atoms in total. The number of hydrogen-bond acceptors (Lipinski definition) is 2. The largest absolute Gasteiger partial charge is 0.416 e. The number of ether oxygens (including phenoxy) is 2. The summed E-state index contributed by atoms with van der Waals surface area (Å²) in [5, 5.41) is 0. The second-order valence-electron chi connectivity index (χ2n) is 2.38. The monoisotopic (exact) mass is 244 g/mol. The molecule has 15 heavy (non-hydrogen) atoms. The van der Waals surface area contributed by atoms with Crippen LogP contribution in [0.3, 0.4) is 0 Å². The van der Waals surface area contributed by atoms with E-state index in [1.807, 2.05) is 0 Å². The zero-order valence-corrected chi connectivity index (χ0v) is 7.16. The Balaban J connectivity index is 3.55. The van der Waals surface area contributed by atoms with Crippen molar-refractivity contribution in [3.05, 3.63) is 0 Å². The van der Waals surface area contributed by atoms with Crippen LogP contribution in [0.2, 0.25) is 0 Å². The van der Waals surface area contributed by atoms with Crippen LogP contribution in [0.4, 0.5) is 30.7 Å². The van der Waals surface area contributed by atoms with Gasteiger partial charge in [0.25, 0.3) is 0 Å². The summed E-state index contributed by atoms with van der Waals surface area (Å²) >= 11 is 0. The van der Waals surface area contributed by atoms with Crippen LogP contribution in [-0.2, 0) is 9.47 Å². The minimum Gasteiger partial charge on any atom is -0.370 e. The van der Waals surface area contributed by atoms with Crippen molar-refractivity contribution in [3.63, 3.8) is 0 Å². The molecule has 0 aliphatic heterocycles. The molecule has 0 aliphatic carbocycles. The van der Waals surface area contributed by atoms with Crippen molar-refractivity contribution in [3.8, 4) is 0 Å². The smallest absolute Gasteiger partial charge is 0.370 e. The van der Waals surface area contributed by atoms with Gasteiger partial charge in [-0.25, -0.2) is 8.78 Å². The van der Waals surface area contributed by atoms with Crippen LogP contribution in [0.15, 0.2) is 0 Å². The van der Waals surface area contributed by atoms with E-state index in [9.17, 15) is 30.7 Å². The van der Waals surface area contributed by atoms with E-state index in [1.165, 1.54) is 0 Å². The summed E-state index contributed by atoms with van der Waals surface area (Å²) in [5.74, 6) is 0. The van der Waals surface area contributed by atoms with Gasteiger partial charge in [0.05, 0.1) is 13.2 Å². The SMILES string of the molecule is FC(F)C(F)(F)OCCOCC(F)(F)F. The predicted octanol–water partition coefficient (Wildman–Crippen LogP) is 2.44. The van der Waals surface area contributed by atoms with E-state index in [4.69, 9.17) is 0 Å². The quantitative estimate of drug-likeness (QED) is 0.527. The van der Waals surface area contributed by atoms with Crippen LogP contribution in [0.25, 0.3) is 0 Å². The number of rotatable bonds is 6. The highest BCUT2D eigenvalue weighted by atomic mass is 19.4. The van der Waals surface area contributed by atoms with Crippen LogP contribution >= 0.6 is 0 Å². The number of halogens is 7. The third kappa shape index (κ3) is 7.37. The third-order valence-electron chi connectivity index (χ3n) is 1.04. The van der Waals surface area contributed by atoms with Crippen molar-refractivity contribution in [1.82, 2.24) is 0 Å². The molecule has 0 aromatic carbocycles. The molecule has 0 heterocycles. The molecule has 0 fully saturated rings.